The van der Waals surface area contributed by atoms with Crippen LogP contribution in [0.3, 0.4) is 0 Å². The molecule has 1 N–H and O–H groups in total. The van der Waals surface area contributed by atoms with Gasteiger partial charge in [0, 0.05) is 30.2 Å². The predicted molar refractivity (Wildman–Crippen MR) is 82.6 cm³/mol. The highest BCUT2D eigenvalue weighted by atomic mass is 32.2. The van der Waals surface area contributed by atoms with E-state index in [2.05, 4.69) is 38.0 Å². The van der Waals surface area contributed by atoms with Crippen LogP contribution >= 0.6 is 11.8 Å². The van der Waals surface area contributed by atoms with Gasteiger partial charge in [-0.3, -0.25) is 4.99 Å². The molecule has 2 bridgehead atoms. The normalized spacial score (nSPS) is 33.0. The highest BCUT2D eigenvalue weighted by Gasteiger charge is 2.57. The van der Waals surface area contributed by atoms with Crippen molar-refractivity contribution < 1.29 is 8.78 Å². The minimum Gasteiger partial charge on any atom is -0.362 e. The molecule has 0 radical (unpaired) electrons. The molecule has 0 aromatic heterocycles. The zero-order valence-electron chi connectivity index (χ0n) is 13.0. The Kier molecular flexibility index (Phi) is 4.39. The van der Waals surface area contributed by atoms with Crippen molar-refractivity contribution in [2.45, 2.75) is 63.7 Å². The highest BCUT2D eigenvalue weighted by Crippen LogP contribution is 2.53. The van der Waals surface area contributed by atoms with Gasteiger partial charge < -0.3 is 5.32 Å². The number of halogens is 2. The molecular formula is C15H26F2N2S. The minimum absolute atomic E-state index is 0.0436. The second-order valence-electron chi connectivity index (χ2n) is 7.05. The molecule has 0 saturated heterocycles. The molecule has 2 aliphatic rings. The van der Waals surface area contributed by atoms with Gasteiger partial charge in [-0.2, -0.15) is 0 Å². The van der Waals surface area contributed by atoms with Crippen molar-refractivity contribution in [3.8, 4) is 0 Å². The monoisotopic (exact) mass is 304 g/mol. The van der Waals surface area contributed by atoms with Crippen molar-refractivity contribution in [3.05, 3.63) is 0 Å². The zero-order chi connectivity index (χ0) is 15.1. The largest absolute Gasteiger partial charge is 0.362 e. The summed E-state index contributed by atoms with van der Waals surface area (Å²) in [6, 6.07) is -0.113. The Morgan fingerprint density at radius 3 is 2.45 bits per heavy atom. The number of hydrogen-bond donors (Lipinski definition) is 1. The Hall–Kier alpha value is -0.320. The number of aliphatic imine (C=N–C) groups is 1. The molecule has 0 spiro atoms. The SMILES string of the molecule is CN=C(NC1CC2CC1C(F)(F)C2)SC(C)(C)C(C)C. The fraction of sp³-hybridized carbons (Fsp3) is 0.933. The molecular weight excluding hydrogens is 278 g/mol. The van der Waals surface area contributed by atoms with E-state index in [0.29, 0.717) is 12.3 Å². The molecule has 0 aromatic rings. The van der Waals surface area contributed by atoms with Crippen LogP contribution in [-0.2, 0) is 0 Å². The van der Waals surface area contributed by atoms with Crippen LogP contribution in [0.15, 0.2) is 4.99 Å². The van der Waals surface area contributed by atoms with Crippen LogP contribution in [0, 0.1) is 17.8 Å². The molecule has 2 fully saturated rings. The van der Waals surface area contributed by atoms with Crippen LogP contribution in [0.5, 0.6) is 0 Å². The van der Waals surface area contributed by atoms with Crippen LogP contribution in [0.25, 0.3) is 0 Å². The third-order valence-electron chi connectivity index (χ3n) is 5.03. The molecule has 2 aliphatic carbocycles. The topological polar surface area (TPSA) is 24.4 Å². The number of fused-ring (bicyclic) bond motifs is 2. The van der Waals surface area contributed by atoms with Crippen LogP contribution in [-0.4, -0.2) is 28.9 Å². The molecule has 116 valence electrons. The predicted octanol–water partition coefficient (Wildman–Crippen LogP) is 4.16. The fourth-order valence-corrected chi connectivity index (χ4v) is 4.17. The smallest absolute Gasteiger partial charge is 0.253 e. The van der Waals surface area contributed by atoms with Crippen molar-refractivity contribution in [1.29, 1.82) is 0 Å². The lowest BCUT2D eigenvalue weighted by Gasteiger charge is -2.33. The maximum absolute atomic E-state index is 13.8. The first kappa shape index (κ1) is 16.1. The van der Waals surface area contributed by atoms with Crippen molar-refractivity contribution in [2.24, 2.45) is 22.7 Å². The van der Waals surface area contributed by atoms with Crippen LogP contribution in [0.1, 0.15) is 47.0 Å². The Morgan fingerprint density at radius 2 is 2.00 bits per heavy atom. The Balaban J connectivity index is 1.99. The molecule has 3 atom stereocenters. The van der Waals surface area contributed by atoms with Gasteiger partial charge in [0.1, 0.15) is 0 Å². The second-order valence-corrected chi connectivity index (χ2v) is 8.69. The Bertz CT molecular complexity index is 393. The van der Waals surface area contributed by atoms with Gasteiger partial charge in [-0.1, -0.05) is 25.6 Å². The summed E-state index contributed by atoms with van der Waals surface area (Å²) >= 11 is 1.66. The van der Waals surface area contributed by atoms with Gasteiger partial charge >= 0.3 is 0 Å². The third-order valence-corrected chi connectivity index (χ3v) is 6.52. The molecule has 0 amide bonds. The van der Waals surface area contributed by atoms with E-state index < -0.39 is 11.8 Å². The van der Waals surface area contributed by atoms with Gasteiger partial charge in [-0.15, -0.1) is 0 Å². The summed E-state index contributed by atoms with van der Waals surface area (Å²) in [5.74, 6) is -2.31. The number of rotatable bonds is 3. The summed E-state index contributed by atoms with van der Waals surface area (Å²) in [6.45, 7) is 8.69. The molecule has 5 heteroatoms. The maximum Gasteiger partial charge on any atom is 0.253 e. The molecule has 2 nitrogen and oxygen atoms in total. The molecule has 2 rings (SSSR count). The molecule has 2 saturated carbocycles. The van der Waals surface area contributed by atoms with Crippen LogP contribution in [0.4, 0.5) is 8.78 Å². The van der Waals surface area contributed by atoms with E-state index in [1.165, 1.54) is 0 Å². The van der Waals surface area contributed by atoms with Crippen molar-refractivity contribution >= 4 is 16.9 Å². The summed E-state index contributed by atoms with van der Waals surface area (Å²) in [6.07, 6.45) is 1.61. The Labute approximate surface area is 125 Å². The van der Waals surface area contributed by atoms with Crippen LogP contribution < -0.4 is 5.32 Å². The summed E-state index contributed by atoms with van der Waals surface area (Å²) in [7, 11) is 1.73. The number of alkyl halides is 2. The van der Waals surface area contributed by atoms with E-state index in [4.69, 9.17) is 0 Å². The number of nitrogens with one attached hydrogen (secondary N) is 1. The number of hydrogen-bond acceptors (Lipinski definition) is 2. The average Bonchev–Trinajstić information content (AvgIpc) is 2.82. The lowest BCUT2D eigenvalue weighted by Crippen LogP contribution is -2.45. The third kappa shape index (κ3) is 3.12. The van der Waals surface area contributed by atoms with E-state index >= 15 is 0 Å². The van der Waals surface area contributed by atoms with Gasteiger partial charge in [-0.25, -0.2) is 8.78 Å². The average molecular weight is 304 g/mol. The van der Waals surface area contributed by atoms with Crippen molar-refractivity contribution in [3.63, 3.8) is 0 Å². The number of amidine groups is 1. The zero-order valence-corrected chi connectivity index (χ0v) is 13.9. The lowest BCUT2D eigenvalue weighted by atomic mass is 9.92. The molecule has 20 heavy (non-hydrogen) atoms. The molecule has 0 aliphatic heterocycles. The number of nitrogens with zero attached hydrogens (tertiary/aromatic N) is 1. The molecule has 3 unspecified atom stereocenters. The quantitative estimate of drug-likeness (QED) is 0.625. The van der Waals surface area contributed by atoms with Gasteiger partial charge in [0.15, 0.2) is 5.17 Å². The highest BCUT2D eigenvalue weighted by molar-refractivity contribution is 8.15. The first-order valence-electron chi connectivity index (χ1n) is 7.46. The molecule has 0 aromatic carbocycles. The van der Waals surface area contributed by atoms with Gasteiger partial charge in [0.2, 0.25) is 0 Å². The maximum atomic E-state index is 13.8. The second kappa shape index (κ2) is 5.47. The van der Waals surface area contributed by atoms with Crippen molar-refractivity contribution in [2.75, 3.05) is 7.05 Å². The first-order valence-corrected chi connectivity index (χ1v) is 8.27. The molecule has 0 heterocycles. The summed E-state index contributed by atoms with van der Waals surface area (Å²) in [5, 5.41) is 4.10. The first-order chi connectivity index (χ1) is 9.15. The van der Waals surface area contributed by atoms with Gasteiger partial charge in [-0.05, 0) is 38.5 Å². The summed E-state index contributed by atoms with van der Waals surface area (Å²) in [4.78, 5) is 4.27. The van der Waals surface area contributed by atoms with Crippen molar-refractivity contribution in [1.82, 2.24) is 5.32 Å². The van der Waals surface area contributed by atoms with Gasteiger partial charge in [0.05, 0.1) is 0 Å². The lowest BCUT2D eigenvalue weighted by molar-refractivity contribution is -0.0602. The minimum atomic E-state index is -2.49. The fourth-order valence-electron chi connectivity index (χ4n) is 3.14. The van der Waals surface area contributed by atoms with E-state index in [-0.39, 0.29) is 23.1 Å². The van der Waals surface area contributed by atoms with Gasteiger partial charge in [0.25, 0.3) is 5.92 Å². The number of thioether (sulfide) groups is 1. The Morgan fingerprint density at radius 1 is 1.35 bits per heavy atom. The van der Waals surface area contributed by atoms with E-state index in [1.807, 2.05) is 0 Å². The van der Waals surface area contributed by atoms with E-state index in [1.54, 1.807) is 18.8 Å². The summed E-state index contributed by atoms with van der Waals surface area (Å²) in [5.41, 5.74) is 0. The van der Waals surface area contributed by atoms with Crippen LogP contribution in [0.2, 0.25) is 0 Å². The standard InChI is InChI=1S/C15H26F2N2S/c1-9(2)14(3,4)20-13(18-5)19-12-7-10-6-11(12)15(16,17)8-10/h9-12H,6-8H2,1-5H3,(H,18,19). The van der Waals surface area contributed by atoms with E-state index in [0.717, 1.165) is 11.6 Å². The summed E-state index contributed by atoms with van der Waals surface area (Å²) < 4.78 is 27.7. The van der Waals surface area contributed by atoms with E-state index in [9.17, 15) is 8.78 Å².